The van der Waals surface area contributed by atoms with E-state index in [1.54, 1.807) is 0 Å². The van der Waals surface area contributed by atoms with E-state index >= 15 is 0 Å². The molecule has 2 aliphatic rings. The molecule has 2 N–H and O–H groups in total. The van der Waals surface area contributed by atoms with Gasteiger partial charge < -0.3 is 5.73 Å². The first kappa shape index (κ1) is 15.2. The van der Waals surface area contributed by atoms with Gasteiger partial charge in [0.05, 0.1) is 23.0 Å². The highest BCUT2D eigenvalue weighted by Gasteiger charge is 2.44. The molecular weight excluding hydrogens is 288 g/mol. The van der Waals surface area contributed by atoms with Gasteiger partial charge in [-0.1, -0.05) is 0 Å². The Labute approximate surface area is 115 Å². The average Bonchev–Trinajstić information content (AvgIpc) is 2.70. The summed E-state index contributed by atoms with van der Waals surface area (Å²) in [4.78, 5) is 2.03. The van der Waals surface area contributed by atoms with Crippen LogP contribution in [-0.2, 0) is 19.7 Å². The van der Waals surface area contributed by atoms with Gasteiger partial charge in [0, 0.05) is 18.1 Å². The zero-order valence-corrected chi connectivity index (χ0v) is 12.8. The predicted molar refractivity (Wildman–Crippen MR) is 74.5 cm³/mol. The van der Waals surface area contributed by atoms with E-state index < -0.39 is 19.7 Å². The molecule has 0 amide bonds. The quantitative estimate of drug-likeness (QED) is 0.719. The standard InChI is InChI=1S/C11H22N2O4S2/c1-13(10-2-5-19(16,17)8-10)11(9-12)3-6-18(14,15)7-4-11/h10H,2-9,12H2,1H3. The van der Waals surface area contributed by atoms with Crippen molar-refractivity contribution in [2.45, 2.75) is 30.8 Å². The summed E-state index contributed by atoms with van der Waals surface area (Å²) in [6.07, 6.45) is 1.62. The van der Waals surface area contributed by atoms with Gasteiger partial charge in [-0.2, -0.15) is 0 Å². The lowest BCUT2D eigenvalue weighted by Gasteiger charge is -2.46. The Bertz CT molecular complexity index is 527. The van der Waals surface area contributed by atoms with Crippen LogP contribution in [0.1, 0.15) is 19.3 Å². The zero-order chi connectivity index (χ0) is 14.3. The molecule has 8 heteroatoms. The second kappa shape index (κ2) is 4.98. The van der Waals surface area contributed by atoms with Crippen LogP contribution in [0.4, 0.5) is 0 Å². The molecule has 1 unspecified atom stereocenters. The molecule has 0 bridgehead atoms. The van der Waals surface area contributed by atoms with E-state index in [1.807, 2.05) is 11.9 Å². The van der Waals surface area contributed by atoms with Gasteiger partial charge in [-0.3, -0.25) is 4.90 Å². The Balaban J connectivity index is 2.14. The van der Waals surface area contributed by atoms with E-state index in [-0.39, 0.29) is 34.6 Å². The van der Waals surface area contributed by atoms with Crippen LogP contribution < -0.4 is 5.73 Å². The molecule has 6 nitrogen and oxygen atoms in total. The van der Waals surface area contributed by atoms with Crippen LogP contribution in [0.2, 0.25) is 0 Å². The molecular formula is C11H22N2O4S2. The summed E-state index contributed by atoms with van der Waals surface area (Å²) in [6, 6.07) is -0.0330. The summed E-state index contributed by atoms with van der Waals surface area (Å²) >= 11 is 0. The molecule has 0 aromatic carbocycles. The zero-order valence-electron chi connectivity index (χ0n) is 11.2. The maximum absolute atomic E-state index is 11.6. The molecule has 0 aromatic heterocycles. The summed E-state index contributed by atoms with van der Waals surface area (Å²) in [7, 11) is -4.00. The van der Waals surface area contributed by atoms with Gasteiger partial charge in [0.1, 0.15) is 9.84 Å². The minimum Gasteiger partial charge on any atom is -0.329 e. The Morgan fingerprint density at radius 1 is 1.11 bits per heavy atom. The van der Waals surface area contributed by atoms with E-state index in [1.165, 1.54) is 0 Å². The lowest BCUT2D eigenvalue weighted by Crippen LogP contribution is -2.59. The molecule has 1 atom stereocenters. The van der Waals surface area contributed by atoms with Crippen LogP contribution in [0.5, 0.6) is 0 Å². The van der Waals surface area contributed by atoms with Crippen LogP contribution >= 0.6 is 0 Å². The molecule has 0 radical (unpaired) electrons. The maximum atomic E-state index is 11.6. The molecule has 19 heavy (non-hydrogen) atoms. The number of rotatable bonds is 3. The Hall–Kier alpha value is -0.180. The average molecular weight is 310 g/mol. The summed E-state index contributed by atoms with van der Waals surface area (Å²) in [5.74, 6) is 0.682. The topological polar surface area (TPSA) is 97.5 Å². The number of nitrogens with zero attached hydrogens (tertiary/aromatic N) is 1. The van der Waals surface area contributed by atoms with Crippen molar-refractivity contribution in [2.75, 3.05) is 36.6 Å². The fourth-order valence-corrected chi connectivity index (χ4v) is 6.45. The highest BCUT2D eigenvalue weighted by atomic mass is 32.2. The largest absolute Gasteiger partial charge is 0.329 e. The molecule has 2 aliphatic heterocycles. The Morgan fingerprint density at radius 3 is 2.11 bits per heavy atom. The van der Waals surface area contributed by atoms with Crippen molar-refractivity contribution in [1.82, 2.24) is 4.90 Å². The highest BCUT2D eigenvalue weighted by molar-refractivity contribution is 7.91. The number of sulfone groups is 2. The molecule has 2 rings (SSSR count). The van der Waals surface area contributed by atoms with E-state index in [2.05, 4.69) is 0 Å². The van der Waals surface area contributed by atoms with E-state index in [0.29, 0.717) is 25.8 Å². The normalized spacial score (nSPS) is 32.5. The number of likely N-dealkylation sites (N-methyl/N-ethyl adjacent to an activating group) is 1. The summed E-state index contributed by atoms with van der Waals surface area (Å²) in [6.45, 7) is 0.371. The van der Waals surface area contributed by atoms with Gasteiger partial charge >= 0.3 is 0 Å². The van der Waals surface area contributed by atoms with Crippen LogP contribution in [0, 0.1) is 0 Å². The monoisotopic (exact) mass is 310 g/mol. The lowest BCUT2D eigenvalue weighted by molar-refractivity contribution is 0.0771. The first-order valence-electron chi connectivity index (χ1n) is 6.54. The maximum Gasteiger partial charge on any atom is 0.151 e. The molecule has 2 saturated heterocycles. The van der Waals surface area contributed by atoms with Crippen LogP contribution in [0.25, 0.3) is 0 Å². The molecule has 0 spiro atoms. The third kappa shape index (κ3) is 3.12. The number of hydrogen-bond donors (Lipinski definition) is 1. The van der Waals surface area contributed by atoms with Crippen molar-refractivity contribution in [3.8, 4) is 0 Å². The minimum atomic E-state index is -2.94. The third-order valence-corrected chi connectivity index (χ3v) is 8.04. The van der Waals surface area contributed by atoms with Gasteiger partial charge in [-0.15, -0.1) is 0 Å². The molecule has 2 heterocycles. The van der Waals surface area contributed by atoms with Crippen molar-refractivity contribution in [2.24, 2.45) is 5.73 Å². The molecule has 112 valence electrons. The second-order valence-electron chi connectivity index (χ2n) is 5.75. The van der Waals surface area contributed by atoms with Gasteiger partial charge in [0.2, 0.25) is 0 Å². The first-order valence-corrected chi connectivity index (χ1v) is 10.2. The smallest absolute Gasteiger partial charge is 0.151 e. The van der Waals surface area contributed by atoms with Crippen LogP contribution in [0.3, 0.4) is 0 Å². The third-order valence-electron chi connectivity index (χ3n) is 4.64. The first-order chi connectivity index (χ1) is 8.70. The van der Waals surface area contributed by atoms with Gasteiger partial charge in [-0.05, 0) is 26.3 Å². The SMILES string of the molecule is CN(C1CCS(=O)(=O)C1)C1(CN)CCS(=O)(=O)CC1. The molecule has 2 fully saturated rings. The van der Waals surface area contributed by atoms with E-state index in [9.17, 15) is 16.8 Å². The van der Waals surface area contributed by atoms with Gasteiger partial charge in [0.25, 0.3) is 0 Å². The van der Waals surface area contributed by atoms with Crippen LogP contribution in [0.15, 0.2) is 0 Å². The van der Waals surface area contributed by atoms with Crippen molar-refractivity contribution in [3.05, 3.63) is 0 Å². The lowest BCUT2D eigenvalue weighted by atomic mass is 9.89. The summed E-state index contributed by atoms with van der Waals surface area (Å²) < 4.78 is 46.2. The fourth-order valence-electron chi connectivity index (χ4n) is 3.09. The predicted octanol–water partition coefficient (Wildman–Crippen LogP) is -0.989. The van der Waals surface area contributed by atoms with Crippen LogP contribution in [-0.4, -0.2) is 69.9 Å². The Kier molecular flexibility index (Phi) is 3.99. The van der Waals surface area contributed by atoms with Crippen molar-refractivity contribution in [1.29, 1.82) is 0 Å². The van der Waals surface area contributed by atoms with Gasteiger partial charge in [0.15, 0.2) is 9.84 Å². The highest BCUT2D eigenvalue weighted by Crippen LogP contribution is 2.32. The number of hydrogen-bond acceptors (Lipinski definition) is 6. The van der Waals surface area contributed by atoms with E-state index in [0.717, 1.165) is 0 Å². The number of nitrogens with two attached hydrogens (primary N) is 1. The molecule has 0 saturated carbocycles. The molecule has 0 aliphatic carbocycles. The summed E-state index contributed by atoms with van der Waals surface area (Å²) in [5, 5.41) is 0. The molecule has 0 aromatic rings. The van der Waals surface area contributed by atoms with Crippen molar-refractivity contribution < 1.29 is 16.8 Å². The van der Waals surface area contributed by atoms with E-state index in [4.69, 9.17) is 5.73 Å². The van der Waals surface area contributed by atoms with Gasteiger partial charge in [-0.25, -0.2) is 16.8 Å². The second-order valence-corrected chi connectivity index (χ2v) is 10.3. The van der Waals surface area contributed by atoms with Crippen molar-refractivity contribution >= 4 is 19.7 Å². The fraction of sp³-hybridized carbons (Fsp3) is 1.00. The minimum absolute atomic E-state index is 0.0330. The summed E-state index contributed by atoms with van der Waals surface area (Å²) in [5.41, 5.74) is 5.51. The van der Waals surface area contributed by atoms with Crippen molar-refractivity contribution in [3.63, 3.8) is 0 Å². The Morgan fingerprint density at radius 2 is 1.68 bits per heavy atom.